The van der Waals surface area contributed by atoms with Gasteiger partial charge in [0.05, 0.1) is 0 Å². The summed E-state index contributed by atoms with van der Waals surface area (Å²) in [5.74, 6) is 0.311. The van der Waals surface area contributed by atoms with Gasteiger partial charge in [0.2, 0.25) is 0 Å². The highest BCUT2D eigenvalue weighted by Gasteiger charge is 2.20. The molecule has 0 fully saturated rings. The van der Waals surface area contributed by atoms with Gasteiger partial charge in [-0.05, 0) is 22.8 Å². The molecule has 2 heteroatoms. The molecule has 0 radical (unpaired) electrons. The minimum atomic E-state index is 0.145. The third kappa shape index (κ3) is 2.82. The second-order valence-electron chi connectivity index (χ2n) is 6.14. The molecule has 0 saturated carbocycles. The number of hydrogen-bond acceptors (Lipinski definition) is 2. The molecule has 0 aromatic heterocycles. The van der Waals surface area contributed by atoms with E-state index in [0.29, 0.717) is 16.7 Å². The Balaban J connectivity index is 2.06. The number of aromatic hydroxyl groups is 2. The smallest absolute Gasteiger partial charge is 0.132 e. The molecule has 0 aliphatic carbocycles. The molecule has 26 heavy (non-hydrogen) atoms. The highest BCUT2D eigenvalue weighted by atomic mass is 16.3. The van der Waals surface area contributed by atoms with Gasteiger partial charge < -0.3 is 10.2 Å². The fourth-order valence-corrected chi connectivity index (χ4v) is 3.28. The van der Waals surface area contributed by atoms with Crippen molar-refractivity contribution in [2.24, 2.45) is 0 Å². The molecule has 0 saturated heterocycles. The average molecular weight is 338 g/mol. The van der Waals surface area contributed by atoms with Crippen LogP contribution < -0.4 is 0 Å². The van der Waals surface area contributed by atoms with Crippen molar-refractivity contribution < 1.29 is 10.2 Å². The lowest BCUT2D eigenvalue weighted by Crippen LogP contribution is -1.91. The van der Waals surface area contributed by atoms with Crippen LogP contribution in [0, 0.1) is 0 Å². The van der Waals surface area contributed by atoms with Crippen molar-refractivity contribution in [2.75, 3.05) is 0 Å². The summed E-state index contributed by atoms with van der Waals surface area (Å²) in [7, 11) is 0. The van der Waals surface area contributed by atoms with E-state index >= 15 is 0 Å². The molecule has 0 heterocycles. The first-order chi connectivity index (χ1) is 12.8. The van der Waals surface area contributed by atoms with Crippen LogP contribution in [0.15, 0.2) is 97.1 Å². The Kier molecular flexibility index (Phi) is 4.16. The van der Waals surface area contributed by atoms with Crippen molar-refractivity contribution in [3.63, 3.8) is 0 Å². The van der Waals surface area contributed by atoms with Crippen LogP contribution in [-0.2, 0) is 0 Å². The predicted molar refractivity (Wildman–Crippen MR) is 106 cm³/mol. The minimum absolute atomic E-state index is 0.145. The predicted octanol–water partition coefficient (Wildman–Crippen LogP) is 6.10. The third-order valence-electron chi connectivity index (χ3n) is 4.49. The second kappa shape index (κ2) is 6.77. The first-order valence-corrected chi connectivity index (χ1v) is 8.51. The van der Waals surface area contributed by atoms with Crippen LogP contribution in [0.3, 0.4) is 0 Å². The molecule has 4 aromatic rings. The summed E-state index contributed by atoms with van der Waals surface area (Å²) in [4.78, 5) is 0. The normalized spacial score (nSPS) is 10.6. The Morgan fingerprint density at radius 2 is 0.885 bits per heavy atom. The zero-order valence-corrected chi connectivity index (χ0v) is 14.1. The van der Waals surface area contributed by atoms with E-state index in [4.69, 9.17) is 0 Å². The summed E-state index contributed by atoms with van der Waals surface area (Å²) in [6.45, 7) is 0. The van der Waals surface area contributed by atoms with Gasteiger partial charge in [-0.15, -0.1) is 0 Å². The number of phenolic OH excluding ortho intramolecular Hbond substituents is 2. The van der Waals surface area contributed by atoms with Crippen molar-refractivity contribution in [3.05, 3.63) is 97.1 Å². The number of rotatable bonds is 3. The molecule has 4 aromatic carbocycles. The van der Waals surface area contributed by atoms with Gasteiger partial charge in [0.25, 0.3) is 0 Å². The maximum absolute atomic E-state index is 11.2. The Morgan fingerprint density at radius 1 is 0.462 bits per heavy atom. The van der Waals surface area contributed by atoms with E-state index in [2.05, 4.69) is 0 Å². The topological polar surface area (TPSA) is 40.5 Å². The molecule has 2 nitrogen and oxygen atoms in total. The van der Waals surface area contributed by atoms with Crippen molar-refractivity contribution in [1.82, 2.24) is 0 Å². The van der Waals surface area contributed by atoms with E-state index in [1.54, 1.807) is 6.07 Å². The first-order valence-electron chi connectivity index (χ1n) is 8.51. The van der Waals surface area contributed by atoms with Crippen molar-refractivity contribution in [2.45, 2.75) is 0 Å². The fraction of sp³-hybridized carbons (Fsp3) is 0. The summed E-state index contributed by atoms with van der Waals surface area (Å²) >= 11 is 0. The molecule has 126 valence electrons. The van der Waals surface area contributed by atoms with E-state index in [1.165, 1.54) is 0 Å². The van der Waals surface area contributed by atoms with Crippen molar-refractivity contribution in [3.8, 4) is 44.9 Å². The van der Waals surface area contributed by atoms with Crippen molar-refractivity contribution in [1.29, 1.82) is 0 Å². The van der Waals surface area contributed by atoms with Gasteiger partial charge in [0.1, 0.15) is 11.5 Å². The summed E-state index contributed by atoms with van der Waals surface area (Å²) < 4.78 is 0. The lowest BCUT2D eigenvalue weighted by molar-refractivity contribution is 0.465. The lowest BCUT2D eigenvalue weighted by Gasteiger charge is -2.18. The van der Waals surface area contributed by atoms with Crippen LogP contribution in [0.2, 0.25) is 0 Å². The molecule has 0 amide bonds. The molecule has 0 spiro atoms. The average Bonchev–Trinajstić information content (AvgIpc) is 2.71. The standard InChI is InChI=1S/C24H18O2/c25-21-16-20(17-10-4-1-5-11-17)24(26)23(19-14-8-3-9-15-19)22(21)18-12-6-2-7-13-18/h1-16,25-26H. The molecule has 0 bridgehead atoms. The molecular formula is C24H18O2. The molecular weight excluding hydrogens is 320 g/mol. The van der Waals surface area contributed by atoms with Crippen LogP contribution >= 0.6 is 0 Å². The molecule has 2 N–H and O–H groups in total. The van der Waals surface area contributed by atoms with Crippen LogP contribution in [0.25, 0.3) is 33.4 Å². The van der Waals surface area contributed by atoms with Gasteiger partial charge in [0, 0.05) is 16.7 Å². The van der Waals surface area contributed by atoms with Gasteiger partial charge in [-0.1, -0.05) is 91.0 Å². The Hall–Kier alpha value is -3.52. The van der Waals surface area contributed by atoms with Gasteiger partial charge in [0.15, 0.2) is 0 Å². The van der Waals surface area contributed by atoms with Crippen LogP contribution in [-0.4, -0.2) is 10.2 Å². The number of benzene rings is 4. The zero-order chi connectivity index (χ0) is 17.9. The second-order valence-corrected chi connectivity index (χ2v) is 6.14. The summed E-state index contributed by atoms with van der Waals surface area (Å²) in [6.07, 6.45) is 0. The van der Waals surface area contributed by atoms with E-state index < -0.39 is 0 Å². The summed E-state index contributed by atoms with van der Waals surface area (Å²) in [5, 5.41) is 22.0. The third-order valence-corrected chi connectivity index (χ3v) is 4.49. The van der Waals surface area contributed by atoms with Gasteiger partial charge in [-0.2, -0.15) is 0 Å². The van der Waals surface area contributed by atoms with E-state index in [1.807, 2.05) is 91.0 Å². The fourth-order valence-electron chi connectivity index (χ4n) is 3.28. The Morgan fingerprint density at radius 3 is 1.38 bits per heavy atom. The van der Waals surface area contributed by atoms with E-state index in [-0.39, 0.29) is 11.5 Å². The quantitative estimate of drug-likeness (QED) is 0.443. The minimum Gasteiger partial charge on any atom is -0.507 e. The van der Waals surface area contributed by atoms with Gasteiger partial charge >= 0.3 is 0 Å². The van der Waals surface area contributed by atoms with Crippen LogP contribution in [0.1, 0.15) is 0 Å². The van der Waals surface area contributed by atoms with Gasteiger partial charge in [-0.3, -0.25) is 0 Å². The van der Waals surface area contributed by atoms with E-state index in [9.17, 15) is 10.2 Å². The van der Waals surface area contributed by atoms with Gasteiger partial charge in [-0.25, -0.2) is 0 Å². The molecule has 0 aliphatic rings. The summed E-state index contributed by atoms with van der Waals surface area (Å²) in [6, 6.07) is 30.6. The maximum atomic E-state index is 11.2. The highest BCUT2D eigenvalue weighted by molar-refractivity contribution is 5.96. The maximum Gasteiger partial charge on any atom is 0.132 e. The summed E-state index contributed by atoms with van der Waals surface area (Å²) in [5.41, 5.74) is 4.46. The monoisotopic (exact) mass is 338 g/mol. The SMILES string of the molecule is Oc1cc(-c2ccccc2)c(O)c(-c2ccccc2)c1-c1ccccc1. The largest absolute Gasteiger partial charge is 0.507 e. The molecule has 4 rings (SSSR count). The Labute approximate surface area is 152 Å². The Bertz CT molecular complexity index is 1020. The molecule has 0 aliphatic heterocycles. The van der Waals surface area contributed by atoms with Crippen molar-refractivity contribution >= 4 is 0 Å². The number of phenols is 2. The zero-order valence-electron chi connectivity index (χ0n) is 14.1. The lowest BCUT2D eigenvalue weighted by atomic mass is 9.89. The molecule has 0 atom stereocenters. The number of hydrogen-bond donors (Lipinski definition) is 2. The first kappa shape index (κ1) is 16.0. The van der Waals surface area contributed by atoms with Crippen LogP contribution in [0.4, 0.5) is 0 Å². The van der Waals surface area contributed by atoms with E-state index in [0.717, 1.165) is 16.7 Å². The highest BCUT2D eigenvalue weighted by Crippen LogP contribution is 2.48. The van der Waals surface area contributed by atoms with Crippen LogP contribution in [0.5, 0.6) is 11.5 Å². The molecule has 0 unspecified atom stereocenters.